The monoisotopic (exact) mass is 323 g/mol. The zero-order chi connectivity index (χ0) is 16.8. The summed E-state index contributed by atoms with van der Waals surface area (Å²) >= 11 is 0. The highest BCUT2D eigenvalue weighted by atomic mass is 16.3. The van der Waals surface area contributed by atoms with Crippen LogP contribution in [0.4, 0.5) is 0 Å². The van der Waals surface area contributed by atoms with Crippen LogP contribution in [0.3, 0.4) is 0 Å². The van der Waals surface area contributed by atoms with E-state index in [1.807, 2.05) is 35.2 Å². The van der Waals surface area contributed by atoms with E-state index in [1.165, 1.54) is 12.0 Å². The van der Waals surface area contributed by atoms with E-state index in [0.29, 0.717) is 6.42 Å². The first-order valence-corrected chi connectivity index (χ1v) is 8.82. The van der Waals surface area contributed by atoms with Crippen molar-refractivity contribution in [1.82, 2.24) is 4.90 Å². The number of hydrogen-bond acceptors (Lipinski definition) is 2. The van der Waals surface area contributed by atoms with E-state index in [9.17, 15) is 9.90 Å². The van der Waals surface area contributed by atoms with Gasteiger partial charge in [-0.3, -0.25) is 4.79 Å². The van der Waals surface area contributed by atoms with E-state index in [1.54, 1.807) is 0 Å². The molecule has 1 N–H and O–H groups in total. The van der Waals surface area contributed by atoms with Gasteiger partial charge in [0.1, 0.15) is 0 Å². The van der Waals surface area contributed by atoms with E-state index >= 15 is 0 Å². The van der Waals surface area contributed by atoms with Gasteiger partial charge >= 0.3 is 0 Å². The maximum absolute atomic E-state index is 12.4. The number of aliphatic hydroxyl groups is 1. The molecule has 3 nitrogen and oxygen atoms in total. The van der Waals surface area contributed by atoms with Crippen LogP contribution in [0.2, 0.25) is 0 Å². The van der Waals surface area contributed by atoms with Gasteiger partial charge in [0.05, 0.1) is 6.61 Å². The lowest BCUT2D eigenvalue weighted by atomic mass is 9.93. The normalized spacial score (nSPS) is 16.0. The second-order valence-corrected chi connectivity index (χ2v) is 6.51. The number of rotatable bonds is 5. The minimum atomic E-state index is -0.121. The molecule has 3 rings (SSSR count). The molecule has 0 saturated carbocycles. The van der Waals surface area contributed by atoms with Crippen molar-refractivity contribution >= 4 is 5.91 Å². The Kier molecular flexibility index (Phi) is 5.65. The highest BCUT2D eigenvalue weighted by Gasteiger charge is 2.21. The summed E-state index contributed by atoms with van der Waals surface area (Å²) in [5.41, 5.74) is 3.36. The SMILES string of the molecule is O=C(CC(CO)c1ccc(-c2ccccc2)cc1)N1CCCCC1. The molecule has 1 heterocycles. The van der Waals surface area contributed by atoms with Gasteiger partial charge in [-0.1, -0.05) is 54.6 Å². The lowest BCUT2D eigenvalue weighted by molar-refractivity contribution is -0.132. The minimum absolute atomic E-state index is 0.00423. The predicted molar refractivity (Wildman–Crippen MR) is 96.8 cm³/mol. The molecule has 1 atom stereocenters. The minimum Gasteiger partial charge on any atom is -0.396 e. The maximum atomic E-state index is 12.4. The maximum Gasteiger partial charge on any atom is 0.223 e. The topological polar surface area (TPSA) is 40.5 Å². The van der Waals surface area contributed by atoms with E-state index in [0.717, 1.165) is 37.1 Å². The van der Waals surface area contributed by atoms with Crippen LogP contribution in [0.5, 0.6) is 0 Å². The number of hydrogen-bond donors (Lipinski definition) is 1. The lowest BCUT2D eigenvalue weighted by Gasteiger charge is -2.28. The van der Waals surface area contributed by atoms with Gasteiger partial charge in [0.25, 0.3) is 0 Å². The van der Waals surface area contributed by atoms with Crippen LogP contribution in [-0.4, -0.2) is 35.6 Å². The van der Waals surface area contributed by atoms with E-state index in [-0.39, 0.29) is 18.4 Å². The molecule has 2 aromatic carbocycles. The number of amides is 1. The Morgan fingerprint density at radius 2 is 1.54 bits per heavy atom. The molecule has 1 aliphatic heterocycles. The Bertz CT molecular complexity index is 645. The fourth-order valence-electron chi connectivity index (χ4n) is 3.35. The average Bonchev–Trinajstić information content (AvgIpc) is 2.67. The molecule has 0 radical (unpaired) electrons. The zero-order valence-corrected chi connectivity index (χ0v) is 14.0. The molecule has 2 aromatic rings. The summed E-state index contributed by atoms with van der Waals surface area (Å²) in [5.74, 6) is 0.0464. The highest BCUT2D eigenvalue weighted by Crippen LogP contribution is 2.25. The van der Waals surface area contributed by atoms with Crippen LogP contribution in [0.15, 0.2) is 54.6 Å². The number of likely N-dealkylation sites (tertiary alicyclic amines) is 1. The third-order valence-corrected chi connectivity index (χ3v) is 4.84. The molecule has 0 bridgehead atoms. The van der Waals surface area contributed by atoms with Gasteiger partial charge in [-0.25, -0.2) is 0 Å². The van der Waals surface area contributed by atoms with Gasteiger partial charge in [0.15, 0.2) is 0 Å². The molecule has 0 spiro atoms. The van der Waals surface area contributed by atoms with Crippen molar-refractivity contribution in [2.45, 2.75) is 31.6 Å². The second-order valence-electron chi connectivity index (χ2n) is 6.51. The molecular weight excluding hydrogens is 298 g/mol. The van der Waals surface area contributed by atoms with E-state index in [4.69, 9.17) is 0 Å². The molecule has 24 heavy (non-hydrogen) atoms. The molecule has 1 unspecified atom stereocenters. The van der Waals surface area contributed by atoms with Crippen molar-refractivity contribution in [1.29, 1.82) is 0 Å². The summed E-state index contributed by atoms with van der Waals surface area (Å²) in [4.78, 5) is 14.4. The number of piperidine rings is 1. The number of nitrogens with zero attached hydrogens (tertiary/aromatic N) is 1. The van der Waals surface area contributed by atoms with Crippen molar-refractivity contribution in [2.75, 3.05) is 19.7 Å². The van der Waals surface area contributed by atoms with Crippen molar-refractivity contribution in [3.8, 4) is 11.1 Å². The molecule has 1 amide bonds. The van der Waals surface area contributed by atoms with Crippen molar-refractivity contribution in [2.24, 2.45) is 0 Å². The molecule has 0 aromatic heterocycles. The van der Waals surface area contributed by atoms with Crippen LogP contribution in [0.25, 0.3) is 11.1 Å². The predicted octanol–water partition coefficient (Wildman–Crippen LogP) is 3.83. The Morgan fingerprint density at radius 1 is 0.917 bits per heavy atom. The van der Waals surface area contributed by atoms with Gasteiger partial charge in [0, 0.05) is 25.4 Å². The molecule has 1 fully saturated rings. The Balaban J connectivity index is 1.68. The van der Waals surface area contributed by atoms with Gasteiger partial charge in [-0.05, 0) is 36.0 Å². The summed E-state index contributed by atoms with van der Waals surface area (Å²) in [7, 11) is 0. The molecule has 126 valence electrons. The zero-order valence-electron chi connectivity index (χ0n) is 14.0. The van der Waals surface area contributed by atoms with Crippen LogP contribution in [0.1, 0.15) is 37.2 Å². The third kappa shape index (κ3) is 4.04. The van der Waals surface area contributed by atoms with Crippen LogP contribution < -0.4 is 0 Å². The quantitative estimate of drug-likeness (QED) is 0.908. The number of carbonyl (C=O) groups excluding carboxylic acids is 1. The summed E-state index contributed by atoms with van der Waals surface area (Å²) in [6.45, 7) is 1.73. The first-order chi connectivity index (χ1) is 11.8. The fraction of sp³-hybridized carbons (Fsp3) is 0.381. The number of aliphatic hydroxyl groups excluding tert-OH is 1. The van der Waals surface area contributed by atoms with Crippen LogP contribution in [0, 0.1) is 0 Å². The summed E-state index contributed by atoms with van der Waals surface area (Å²) < 4.78 is 0. The number of benzene rings is 2. The second kappa shape index (κ2) is 8.11. The first-order valence-electron chi connectivity index (χ1n) is 8.82. The Hall–Kier alpha value is -2.13. The molecule has 3 heteroatoms. The summed E-state index contributed by atoms with van der Waals surface area (Å²) in [6.07, 6.45) is 3.80. The lowest BCUT2D eigenvalue weighted by Crippen LogP contribution is -2.36. The number of carbonyl (C=O) groups is 1. The fourth-order valence-corrected chi connectivity index (χ4v) is 3.35. The standard InChI is InChI=1S/C21H25NO2/c23-16-20(15-21(24)22-13-5-2-6-14-22)19-11-9-18(10-12-19)17-7-3-1-4-8-17/h1,3-4,7-12,20,23H,2,5-6,13-16H2. The van der Waals surface area contributed by atoms with E-state index < -0.39 is 0 Å². The highest BCUT2D eigenvalue weighted by molar-refractivity contribution is 5.77. The van der Waals surface area contributed by atoms with Gasteiger partial charge in [0.2, 0.25) is 5.91 Å². The smallest absolute Gasteiger partial charge is 0.223 e. The first kappa shape index (κ1) is 16.7. The van der Waals surface area contributed by atoms with Crippen LogP contribution in [-0.2, 0) is 4.79 Å². The van der Waals surface area contributed by atoms with E-state index in [2.05, 4.69) is 24.3 Å². The molecular formula is C21H25NO2. The van der Waals surface area contributed by atoms with Crippen molar-refractivity contribution in [3.05, 3.63) is 60.2 Å². The molecule has 1 aliphatic rings. The van der Waals surface area contributed by atoms with Crippen molar-refractivity contribution in [3.63, 3.8) is 0 Å². The van der Waals surface area contributed by atoms with Crippen LogP contribution >= 0.6 is 0 Å². The average molecular weight is 323 g/mol. The summed E-state index contributed by atoms with van der Waals surface area (Å²) in [5, 5.41) is 9.74. The van der Waals surface area contributed by atoms with Crippen molar-refractivity contribution < 1.29 is 9.90 Å². The summed E-state index contributed by atoms with van der Waals surface area (Å²) in [6, 6.07) is 18.4. The van der Waals surface area contributed by atoms with Gasteiger partial charge in [-0.15, -0.1) is 0 Å². The molecule has 0 aliphatic carbocycles. The third-order valence-electron chi connectivity index (χ3n) is 4.84. The molecule has 1 saturated heterocycles. The Labute approximate surface area is 143 Å². The Morgan fingerprint density at radius 3 is 2.17 bits per heavy atom. The largest absolute Gasteiger partial charge is 0.396 e. The van der Waals surface area contributed by atoms with Gasteiger partial charge in [-0.2, -0.15) is 0 Å². The van der Waals surface area contributed by atoms with Gasteiger partial charge < -0.3 is 10.0 Å².